The van der Waals surface area contributed by atoms with Crippen molar-refractivity contribution in [2.24, 2.45) is 0 Å². The van der Waals surface area contributed by atoms with E-state index in [1.165, 1.54) is 19.3 Å². The molecule has 0 saturated carbocycles. The molecule has 0 aromatic carbocycles. The Morgan fingerprint density at radius 3 is 2.40 bits per heavy atom. The van der Waals surface area contributed by atoms with Gasteiger partial charge in [0.15, 0.2) is 0 Å². The van der Waals surface area contributed by atoms with Gasteiger partial charge in [-0.3, -0.25) is 4.79 Å². The molecule has 0 aromatic heterocycles. The fourth-order valence-electron chi connectivity index (χ4n) is 2.05. The minimum atomic E-state index is -0.215. The predicted molar refractivity (Wildman–Crippen MR) is 81.2 cm³/mol. The van der Waals surface area contributed by atoms with E-state index in [9.17, 15) is 9.59 Å². The van der Waals surface area contributed by atoms with Gasteiger partial charge in [0, 0.05) is 18.9 Å². The third-order valence-electron chi connectivity index (χ3n) is 3.35. The average molecular weight is 285 g/mol. The number of carbonyl (C=O) groups is 2. The van der Waals surface area contributed by atoms with Crippen LogP contribution < -0.4 is 5.48 Å². The minimum absolute atomic E-state index is 0.215. The first-order valence-corrected chi connectivity index (χ1v) is 8.13. The van der Waals surface area contributed by atoms with Crippen LogP contribution in [0.25, 0.3) is 0 Å². The Hall–Kier alpha value is -0.900. The fraction of sp³-hybridized carbons (Fsp3) is 0.875. The van der Waals surface area contributed by atoms with Crippen molar-refractivity contribution in [2.75, 3.05) is 0 Å². The number of hydrogen-bond donors (Lipinski definition) is 1. The molecule has 0 fully saturated rings. The molecule has 0 spiro atoms. The van der Waals surface area contributed by atoms with E-state index < -0.39 is 0 Å². The van der Waals surface area contributed by atoms with Gasteiger partial charge in [0.1, 0.15) is 6.29 Å². The highest BCUT2D eigenvalue weighted by Crippen LogP contribution is 2.10. The summed E-state index contributed by atoms with van der Waals surface area (Å²) in [6.45, 7) is 4.36. The van der Waals surface area contributed by atoms with Crippen LogP contribution in [0.3, 0.4) is 0 Å². The van der Waals surface area contributed by atoms with Crippen LogP contribution in [-0.2, 0) is 14.4 Å². The van der Waals surface area contributed by atoms with E-state index >= 15 is 0 Å². The molecule has 0 aliphatic rings. The number of rotatable bonds is 14. The average Bonchev–Trinajstić information content (AvgIpc) is 2.46. The van der Waals surface area contributed by atoms with Crippen LogP contribution >= 0.6 is 0 Å². The molecule has 0 bridgehead atoms. The van der Waals surface area contributed by atoms with E-state index in [2.05, 4.69) is 19.3 Å². The molecule has 0 radical (unpaired) electrons. The minimum Gasteiger partial charge on any atom is -0.370 e. The maximum absolute atomic E-state index is 11.5. The fourth-order valence-corrected chi connectivity index (χ4v) is 2.05. The van der Waals surface area contributed by atoms with Gasteiger partial charge in [-0.05, 0) is 25.7 Å². The zero-order valence-corrected chi connectivity index (χ0v) is 13.2. The van der Waals surface area contributed by atoms with Crippen LogP contribution in [0.4, 0.5) is 0 Å². The number of hydrogen-bond acceptors (Lipinski definition) is 4. The molecule has 0 aromatic rings. The predicted octanol–water partition coefficient (Wildman–Crippen LogP) is 3.93. The molecule has 20 heavy (non-hydrogen) atoms. The molecule has 118 valence electrons. The highest BCUT2D eigenvalue weighted by atomic mass is 16.7. The van der Waals surface area contributed by atoms with E-state index in [1.807, 2.05) is 0 Å². The summed E-state index contributed by atoms with van der Waals surface area (Å²) in [6.07, 6.45) is 11.3. The molecule has 0 aliphatic heterocycles. The first kappa shape index (κ1) is 19.1. The highest BCUT2D eigenvalue weighted by Gasteiger charge is 2.10. The van der Waals surface area contributed by atoms with Crippen molar-refractivity contribution < 1.29 is 14.4 Å². The number of nitrogens with one attached hydrogen (secondary N) is 1. The lowest BCUT2D eigenvalue weighted by Crippen LogP contribution is -2.31. The zero-order chi connectivity index (χ0) is 15.1. The summed E-state index contributed by atoms with van der Waals surface area (Å²) in [4.78, 5) is 26.8. The Labute approximate surface area is 123 Å². The SMILES string of the molecule is CCCCCC(CCCC)NOC(=O)CCCCC=O. The Kier molecular flexibility index (Phi) is 13.9. The molecular weight excluding hydrogens is 254 g/mol. The molecule has 0 saturated heterocycles. The van der Waals surface area contributed by atoms with Crippen LogP contribution in [0.5, 0.6) is 0 Å². The van der Waals surface area contributed by atoms with Crippen molar-refractivity contribution in [2.45, 2.75) is 90.5 Å². The van der Waals surface area contributed by atoms with Crippen molar-refractivity contribution >= 4 is 12.3 Å². The monoisotopic (exact) mass is 285 g/mol. The normalized spacial score (nSPS) is 12.1. The second-order valence-electron chi connectivity index (χ2n) is 5.34. The number of hydroxylamine groups is 1. The lowest BCUT2D eigenvalue weighted by atomic mass is 10.0. The molecule has 0 heterocycles. The van der Waals surface area contributed by atoms with Crippen molar-refractivity contribution in [1.29, 1.82) is 0 Å². The molecule has 4 nitrogen and oxygen atoms in total. The van der Waals surface area contributed by atoms with Gasteiger partial charge in [0.05, 0.1) is 0 Å². The van der Waals surface area contributed by atoms with Crippen LogP contribution in [0.15, 0.2) is 0 Å². The second kappa shape index (κ2) is 14.5. The van der Waals surface area contributed by atoms with Gasteiger partial charge < -0.3 is 9.63 Å². The van der Waals surface area contributed by atoms with Gasteiger partial charge in [-0.25, -0.2) is 0 Å². The summed E-state index contributed by atoms with van der Waals surface area (Å²) in [7, 11) is 0. The maximum Gasteiger partial charge on any atom is 0.324 e. The lowest BCUT2D eigenvalue weighted by Gasteiger charge is -2.17. The Morgan fingerprint density at radius 1 is 1.05 bits per heavy atom. The summed E-state index contributed by atoms with van der Waals surface area (Å²) >= 11 is 0. The van der Waals surface area contributed by atoms with Gasteiger partial charge >= 0.3 is 5.97 Å². The summed E-state index contributed by atoms with van der Waals surface area (Å²) in [6, 6.07) is 0.278. The van der Waals surface area contributed by atoms with E-state index in [4.69, 9.17) is 4.84 Å². The molecule has 1 atom stereocenters. The van der Waals surface area contributed by atoms with Crippen molar-refractivity contribution in [3.8, 4) is 0 Å². The molecule has 4 heteroatoms. The van der Waals surface area contributed by atoms with E-state index in [-0.39, 0.29) is 12.0 Å². The smallest absolute Gasteiger partial charge is 0.324 e. The summed E-state index contributed by atoms with van der Waals surface area (Å²) in [5.41, 5.74) is 2.94. The standard InChI is InChI=1S/C16H31NO3/c1-3-5-8-12-15(11-6-4-2)17-20-16(19)13-9-7-10-14-18/h14-15,17H,3-13H2,1-2H3. The third-order valence-corrected chi connectivity index (χ3v) is 3.35. The first-order chi connectivity index (χ1) is 9.74. The summed E-state index contributed by atoms with van der Waals surface area (Å²) in [5, 5.41) is 0. The number of unbranched alkanes of at least 4 members (excludes halogenated alkanes) is 5. The van der Waals surface area contributed by atoms with E-state index in [1.54, 1.807) is 0 Å². The van der Waals surface area contributed by atoms with Gasteiger partial charge in [-0.1, -0.05) is 46.0 Å². The maximum atomic E-state index is 11.5. The molecule has 0 rings (SSSR count). The zero-order valence-electron chi connectivity index (χ0n) is 13.2. The molecule has 0 amide bonds. The van der Waals surface area contributed by atoms with E-state index in [0.717, 1.165) is 38.4 Å². The number of carbonyl (C=O) groups excluding carboxylic acids is 2. The molecule has 1 unspecified atom stereocenters. The lowest BCUT2D eigenvalue weighted by molar-refractivity contribution is -0.153. The third kappa shape index (κ3) is 12.2. The van der Waals surface area contributed by atoms with Crippen LogP contribution in [0.2, 0.25) is 0 Å². The first-order valence-electron chi connectivity index (χ1n) is 8.13. The Bertz CT molecular complexity index is 244. The Morgan fingerprint density at radius 2 is 1.75 bits per heavy atom. The molecular formula is C16H31NO3. The van der Waals surface area contributed by atoms with Gasteiger partial charge in [0.2, 0.25) is 0 Å². The Balaban J connectivity index is 3.78. The van der Waals surface area contributed by atoms with Crippen molar-refractivity contribution in [3.63, 3.8) is 0 Å². The van der Waals surface area contributed by atoms with E-state index in [0.29, 0.717) is 19.3 Å². The summed E-state index contributed by atoms with van der Waals surface area (Å²) in [5.74, 6) is -0.215. The number of aldehydes is 1. The topological polar surface area (TPSA) is 55.4 Å². The van der Waals surface area contributed by atoms with Gasteiger partial charge in [-0.15, -0.1) is 0 Å². The van der Waals surface area contributed by atoms with Crippen LogP contribution in [-0.4, -0.2) is 18.3 Å². The van der Waals surface area contributed by atoms with Crippen molar-refractivity contribution in [1.82, 2.24) is 5.48 Å². The van der Waals surface area contributed by atoms with Crippen LogP contribution in [0, 0.1) is 0 Å². The second-order valence-corrected chi connectivity index (χ2v) is 5.34. The highest BCUT2D eigenvalue weighted by molar-refractivity contribution is 5.69. The van der Waals surface area contributed by atoms with Gasteiger partial charge in [0.25, 0.3) is 0 Å². The van der Waals surface area contributed by atoms with Crippen molar-refractivity contribution in [3.05, 3.63) is 0 Å². The molecule has 0 aliphatic carbocycles. The molecule has 1 N–H and O–H groups in total. The van der Waals surface area contributed by atoms with Crippen LogP contribution in [0.1, 0.15) is 84.5 Å². The largest absolute Gasteiger partial charge is 0.370 e. The van der Waals surface area contributed by atoms with Gasteiger partial charge in [-0.2, -0.15) is 5.48 Å². The summed E-state index contributed by atoms with van der Waals surface area (Å²) < 4.78 is 0. The quantitative estimate of drug-likeness (QED) is 0.298.